The largest absolute Gasteiger partial charge is 0.370 e. The van der Waals surface area contributed by atoms with Crippen LogP contribution in [-0.2, 0) is 4.79 Å². The molecular weight excluding hydrogens is 188 g/mol. The maximum Gasteiger partial charge on any atom is 0.219 e. The molecule has 0 spiro atoms. The van der Waals surface area contributed by atoms with Crippen LogP contribution < -0.4 is 11.1 Å². The van der Waals surface area contributed by atoms with E-state index in [1.165, 1.54) is 25.7 Å². The molecule has 0 aromatic rings. The highest BCUT2D eigenvalue weighted by atomic mass is 16.1. The summed E-state index contributed by atoms with van der Waals surface area (Å²) < 4.78 is 0. The first kappa shape index (κ1) is 12.5. The van der Waals surface area contributed by atoms with Crippen molar-refractivity contribution in [2.24, 2.45) is 11.7 Å². The summed E-state index contributed by atoms with van der Waals surface area (Å²) in [5.74, 6) is 0.638. The summed E-state index contributed by atoms with van der Waals surface area (Å²) in [6.07, 6.45) is 5.46. The normalized spacial score (nSPS) is 27.7. The van der Waals surface area contributed by atoms with Gasteiger partial charge >= 0.3 is 0 Å². The van der Waals surface area contributed by atoms with Crippen molar-refractivity contribution in [3.63, 3.8) is 0 Å². The van der Waals surface area contributed by atoms with Gasteiger partial charge in [0.15, 0.2) is 0 Å². The van der Waals surface area contributed by atoms with Gasteiger partial charge in [-0.3, -0.25) is 4.79 Å². The number of rotatable bonds is 4. The van der Waals surface area contributed by atoms with Crippen molar-refractivity contribution in [2.75, 3.05) is 0 Å². The van der Waals surface area contributed by atoms with E-state index in [4.69, 9.17) is 5.73 Å². The first-order chi connectivity index (χ1) is 6.89. The fraction of sp³-hybridized carbons (Fsp3) is 0.917. The quantitative estimate of drug-likeness (QED) is 0.746. The van der Waals surface area contributed by atoms with Crippen LogP contribution in [0.3, 0.4) is 0 Å². The molecule has 0 saturated heterocycles. The smallest absolute Gasteiger partial charge is 0.219 e. The molecule has 1 amide bonds. The van der Waals surface area contributed by atoms with Gasteiger partial charge in [-0.15, -0.1) is 0 Å². The highest BCUT2D eigenvalue weighted by molar-refractivity contribution is 5.75. The lowest BCUT2D eigenvalue weighted by atomic mass is 9.85. The predicted molar refractivity (Wildman–Crippen MR) is 62.4 cm³/mol. The average Bonchev–Trinajstić information content (AvgIpc) is 2.06. The molecule has 0 aliphatic heterocycles. The van der Waals surface area contributed by atoms with Gasteiger partial charge in [0.2, 0.25) is 5.91 Å². The van der Waals surface area contributed by atoms with Crippen LogP contribution in [0.15, 0.2) is 0 Å². The minimum atomic E-state index is -0.225. The molecule has 1 rings (SSSR count). The third-order valence-corrected chi connectivity index (χ3v) is 3.23. The van der Waals surface area contributed by atoms with Gasteiger partial charge in [0.1, 0.15) is 0 Å². The van der Waals surface area contributed by atoms with E-state index in [1.807, 2.05) is 0 Å². The minimum Gasteiger partial charge on any atom is -0.370 e. The Morgan fingerprint density at radius 1 is 1.33 bits per heavy atom. The van der Waals surface area contributed by atoms with E-state index in [1.54, 1.807) is 0 Å². The molecule has 0 unspecified atom stereocenters. The molecule has 0 atom stereocenters. The Morgan fingerprint density at radius 3 is 2.33 bits per heavy atom. The van der Waals surface area contributed by atoms with E-state index < -0.39 is 0 Å². The number of nitrogens with one attached hydrogen (secondary N) is 1. The maximum absolute atomic E-state index is 10.9. The topological polar surface area (TPSA) is 55.1 Å². The van der Waals surface area contributed by atoms with Crippen LogP contribution in [0.4, 0.5) is 0 Å². The first-order valence-electron chi connectivity index (χ1n) is 5.95. The molecule has 3 N–H and O–H groups in total. The lowest BCUT2D eigenvalue weighted by molar-refractivity contribution is -0.119. The molecule has 88 valence electrons. The van der Waals surface area contributed by atoms with Gasteiger partial charge in [-0.2, -0.15) is 0 Å². The van der Waals surface area contributed by atoms with Gasteiger partial charge in [-0.1, -0.05) is 6.92 Å². The van der Waals surface area contributed by atoms with Crippen molar-refractivity contribution in [3.8, 4) is 0 Å². The Balaban J connectivity index is 2.36. The van der Waals surface area contributed by atoms with E-state index in [0.717, 1.165) is 5.92 Å². The molecule has 0 bridgehead atoms. The summed E-state index contributed by atoms with van der Waals surface area (Å²) in [5.41, 5.74) is 5.07. The predicted octanol–water partition coefficient (Wildman–Crippen LogP) is 1.81. The van der Waals surface area contributed by atoms with Crippen LogP contribution in [0.2, 0.25) is 0 Å². The molecule has 15 heavy (non-hydrogen) atoms. The number of nitrogens with two attached hydrogens (primary N) is 1. The van der Waals surface area contributed by atoms with E-state index in [2.05, 4.69) is 26.1 Å². The monoisotopic (exact) mass is 212 g/mol. The zero-order valence-corrected chi connectivity index (χ0v) is 10.2. The van der Waals surface area contributed by atoms with Crippen LogP contribution in [0.1, 0.15) is 52.9 Å². The average molecular weight is 212 g/mol. The van der Waals surface area contributed by atoms with Crippen molar-refractivity contribution in [3.05, 3.63) is 0 Å². The third-order valence-electron chi connectivity index (χ3n) is 3.23. The molecule has 0 radical (unpaired) electrons. The molecule has 1 aliphatic carbocycles. The number of amides is 1. The van der Waals surface area contributed by atoms with Crippen LogP contribution in [-0.4, -0.2) is 17.5 Å². The first-order valence-corrected chi connectivity index (χ1v) is 5.95. The summed E-state index contributed by atoms with van der Waals surface area (Å²) in [6.45, 7) is 6.41. The van der Waals surface area contributed by atoms with Gasteiger partial charge in [-0.25, -0.2) is 0 Å². The number of carbonyl (C=O) groups excluding carboxylic acids is 1. The number of carbonyl (C=O) groups is 1. The summed E-state index contributed by atoms with van der Waals surface area (Å²) in [7, 11) is 0. The lowest BCUT2D eigenvalue weighted by Gasteiger charge is -2.34. The van der Waals surface area contributed by atoms with Gasteiger partial charge in [0, 0.05) is 18.0 Å². The highest BCUT2D eigenvalue weighted by Crippen LogP contribution is 2.25. The van der Waals surface area contributed by atoms with Gasteiger partial charge in [0.25, 0.3) is 0 Å². The minimum absolute atomic E-state index is 0.156. The Kier molecular flexibility index (Phi) is 4.14. The fourth-order valence-electron chi connectivity index (χ4n) is 2.44. The standard InChI is InChI=1S/C12H24N2O/c1-9-4-6-10(7-5-9)14-12(2,3)8-11(13)15/h9-10,14H,4-8H2,1-3H3,(H2,13,15). The maximum atomic E-state index is 10.9. The lowest BCUT2D eigenvalue weighted by Crippen LogP contribution is -2.49. The molecule has 0 heterocycles. The molecular formula is C12H24N2O. The van der Waals surface area contributed by atoms with Crippen molar-refractivity contribution in [2.45, 2.75) is 64.5 Å². The molecule has 1 fully saturated rings. The molecule has 1 aliphatic rings. The Bertz CT molecular complexity index is 218. The summed E-state index contributed by atoms with van der Waals surface area (Å²) in [6, 6.07) is 0.565. The van der Waals surface area contributed by atoms with E-state index in [-0.39, 0.29) is 11.4 Å². The second kappa shape index (κ2) is 4.97. The zero-order chi connectivity index (χ0) is 11.5. The Hall–Kier alpha value is -0.570. The molecule has 1 saturated carbocycles. The van der Waals surface area contributed by atoms with Crippen molar-refractivity contribution < 1.29 is 4.79 Å². The number of hydrogen-bond donors (Lipinski definition) is 2. The second-order valence-electron chi connectivity index (χ2n) is 5.63. The Labute approximate surface area is 92.8 Å². The summed E-state index contributed by atoms with van der Waals surface area (Å²) >= 11 is 0. The molecule has 3 heteroatoms. The van der Waals surface area contributed by atoms with E-state index in [0.29, 0.717) is 12.5 Å². The number of primary amides is 1. The van der Waals surface area contributed by atoms with Gasteiger partial charge in [0.05, 0.1) is 0 Å². The second-order valence-corrected chi connectivity index (χ2v) is 5.63. The number of hydrogen-bond acceptors (Lipinski definition) is 2. The SMILES string of the molecule is CC1CCC(NC(C)(C)CC(N)=O)CC1. The van der Waals surface area contributed by atoms with Gasteiger partial charge in [-0.05, 0) is 45.4 Å². The molecule has 3 nitrogen and oxygen atoms in total. The zero-order valence-electron chi connectivity index (χ0n) is 10.2. The third kappa shape index (κ3) is 4.65. The highest BCUT2D eigenvalue weighted by Gasteiger charge is 2.26. The summed E-state index contributed by atoms with van der Waals surface area (Å²) in [5, 5.41) is 3.55. The van der Waals surface area contributed by atoms with Crippen molar-refractivity contribution in [1.29, 1.82) is 0 Å². The van der Waals surface area contributed by atoms with Crippen LogP contribution in [0.5, 0.6) is 0 Å². The van der Waals surface area contributed by atoms with Crippen molar-refractivity contribution >= 4 is 5.91 Å². The Morgan fingerprint density at radius 2 is 1.87 bits per heavy atom. The fourth-order valence-corrected chi connectivity index (χ4v) is 2.44. The van der Waals surface area contributed by atoms with Crippen LogP contribution >= 0.6 is 0 Å². The molecule has 0 aromatic heterocycles. The van der Waals surface area contributed by atoms with Crippen molar-refractivity contribution in [1.82, 2.24) is 5.32 Å². The van der Waals surface area contributed by atoms with E-state index in [9.17, 15) is 4.79 Å². The van der Waals surface area contributed by atoms with Crippen LogP contribution in [0.25, 0.3) is 0 Å². The summed E-state index contributed by atoms with van der Waals surface area (Å²) in [4.78, 5) is 10.9. The van der Waals surface area contributed by atoms with E-state index >= 15 is 0 Å². The molecule has 0 aromatic carbocycles. The van der Waals surface area contributed by atoms with Crippen LogP contribution in [0, 0.1) is 5.92 Å². The van der Waals surface area contributed by atoms with Gasteiger partial charge < -0.3 is 11.1 Å².